The zero-order chi connectivity index (χ0) is 24.1. The van der Waals surface area contributed by atoms with Gasteiger partial charge in [0.2, 0.25) is 0 Å². The maximum Gasteiger partial charge on any atom is 0.417 e. The molecule has 0 aliphatic heterocycles. The van der Waals surface area contributed by atoms with Gasteiger partial charge in [-0.1, -0.05) is 48.9 Å². The molecule has 0 bridgehead atoms. The first-order valence-corrected chi connectivity index (χ1v) is 11.1. The summed E-state index contributed by atoms with van der Waals surface area (Å²) in [5, 5.41) is 5.95. The van der Waals surface area contributed by atoms with Gasteiger partial charge in [-0.15, -0.1) is 0 Å². The number of alkyl halides is 3. The molecule has 0 fully saturated rings. The fraction of sp³-hybridized carbons (Fsp3) is 0.154. The van der Waals surface area contributed by atoms with Crippen LogP contribution in [0.2, 0.25) is 5.02 Å². The second-order valence-corrected chi connectivity index (χ2v) is 8.06. The minimum Gasteiger partial charge on any atom is -0.368 e. The van der Waals surface area contributed by atoms with Crippen LogP contribution >= 0.6 is 11.6 Å². The summed E-state index contributed by atoms with van der Waals surface area (Å²) in [5.41, 5.74) is 4.24. The summed E-state index contributed by atoms with van der Waals surface area (Å²) in [6.45, 7) is 2.46. The molecule has 0 unspecified atom stereocenters. The summed E-state index contributed by atoms with van der Waals surface area (Å²) in [6, 6.07) is 17.8. The molecule has 174 valence electrons. The lowest BCUT2D eigenvalue weighted by Gasteiger charge is -2.16. The first kappa shape index (κ1) is 23.6. The molecule has 4 aromatic rings. The van der Waals surface area contributed by atoms with Crippen LogP contribution in [0.15, 0.2) is 85.0 Å². The van der Waals surface area contributed by atoms with Crippen LogP contribution in [0, 0.1) is 0 Å². The Morgan fingerprint density at radius 3 is 2.32 bits per heavy atom. The van der Waals surface area contributed by atoms with Crippen LogP contribution in [0.1, 0.15) is 24.5 Å². The summed E-state index contributed by atoms with van der Waals surface area (Å²) in [5.74, 6) is 0.620. The number of anilines is 1. The lowest BCUT2D eigenvalue weighted by Crippen LogP contribution is -2.19. The van der Waals surface area contributed by atoms with Gasteiger partial charge in [-0.2, -0.15) is 13.2 Å². The fourth-order valence-electron chi connectivity index (χ4n) is 3.50. The maximum atomic E-state index is 13.2. The standard InChI is InChI=1S/C26H22ClF3N4/c1-2-3-25(34-20-9-10-22(27)21(15-20)26(28,29)30)33-16-17-4-6-18(7-5-17)19-8-11-23-24(14-19)32-13-12-31-23/h3-15,33-34H,2,16H2,1H3/b25-3+. The van der Waals surface area contributed by atoms with E-state index in [0.717, 1.165) is 33.8 Å². The van der Waals surface area contributed by atoms with E-state index >= 15 is 0 Å². The third-order valence-electron chi connectivity index (χ3n) is 5.20. The van der Waals surface area contributed by atoms with Crippen molar-refractivity contribution in [3.8, 4) is 11.1 Å². The van der Waals surface area contributed by atoms with E-state index in [1.807, 2.05) is 55.5 Å². The van der Waals surface area contributed by atoms with Crippen molar-refractivity contribution in [1.82, 2.24) is 15.3 Å². The van der Waals surface area contributed by atoms with Crippen LogP contribution in [0.5, 0.6) is 0 Å². The Labute approximate surface area is 200 Å². The van der Waals surface area contributed by atoms with E-state index in [1.165, 1.54) is 12.1 Å². The van der Waals surface area contributed by atoms with Crippen molar-refractivity contribution in [3.05, 3.63) is 101 Å². The van der Waals surface area contributed by atoms with E-state index in [0.29, 0.717) is 24.5 Å². The van der Waals surface area contributed by atoms with E-state index in [9.17, 15) is 13.2 Å². The summed E-state index contributed by atoms with van der Waals surface area (Å²) in [6.07, 6.45) is 1.41. The second-order valence-electron chi connectivity index (χ2n) is 7.65. The summed E-state index contributed by atoms with van der Waals surface area (Å²) < 4.78 is 39.5. The molecule has 4 rings (SSSR count). The highest BCUT2D eigenvalue weighted by molar-refractivity contribution is 6.31. The van der Waals surface area contributed by atoms with Crippen LogP contribution in [-0.4, -0.2) is 9.97 Å². The smallest absolute Gasteiger partial charge is 0.368 e. The van der Waals surface area contributed by atoms with Crippen molar-refractivity contribution < 1.29 is 13.2 Å². The number of allylic oxidation sites excluding steroid dienone is 1. The number of halogens is 4. The first-order valence-electron chi connectivity index (χ1n) is 10.7. The molecule has 0 atom stereocenters. The molecule has 3 aromatic carbocycles. The zero-order valence-corrected chi connectivity index (χ0v) is 19.1. The second kappa shape index (κ2) is 10.1. The highest BCUT2D eigenvalue weighted by Gasteiger charge is 2.33. The average Bonchev–Trinajstić information content (AvgIpc) is 2.83. The number of nitrogens with zero attached hydrogens (tertiary/aromatic N) is 2. The lowest BCUT2D eigenvalue weighted by atomic mass is 10.0. The van der Waals surface area contributed by atoms with Gasteiger partial charge in [-0.05, 0) is 59.5 Å². The van der Waals surface area contributed by atoms with E-state index < -0.39 is 11.7 Å². The maximum absolute atomic E-state index is 13.2. The topological polar surface area (TPSA) is 49.8 Å². The number of hydrogen-bond donors (Lipinski definition) is 2. The zero-order valence-electron chi connectivity index (χ0n) is 18.3. The molecule has 34 heavy (non-hydrogen) atoms. The Morgan fingerprint density at radius 1 is 0.912 bits per heavy atom. The van der Waals surface area contributed by atoms with Gasteiger partial charge < -0.3 is 10.6 Å². The van der Waals surface area contributed by atoms with Crippen molar-refractivity contribution in [1.29, 1.82) is 0 Å². The Morgan fingerprint density at radius 2 is 1.62 bits per heavy atom. The first-order chi connectivity index (χ1) is 16.3. The van der Waals surface area contributed by atoms with Crippen molar-refractivity contribution >= 4 is 28.3 Å². The number of fused-ring (bicyclic) bond motifs is 1. The highest BCUT2D eigenvalue weighted by atomic mass is 35.5. The predicted octanol–water partition coefficient (Wildman–Crippen LogP) is 7.42. The Kier molecular flexibility index (Phi) is 7.03. The van der Waals surface area contributed by atoms with Gasteiger partial charge in [0.15, 0.2) is 0 Å². The van der Waals surface area contributed by atoms with Gasteiger partial charge in [0.05, 0.1) is 27.4 Å². The molecule has 4 nitrogen and oxygen atoms in total. The Hall–Kier alpha value is -3.58. The van der Waals surface area contributed by atoms with Crippen molar-refractivity contribution in [2.24, 2.45) is 0 Å². The quantitative estimate of drug-likeness (QED) is 0.288. The molecule has 0 saturated heterocycles. The van der Waals surface area contributed by atoms with Gasteiger partial charge in [-0.25, -0.2) is 0 Å². The van der Waals surface area contributed by atoms with Crippen molar-refractivity contribution in [2.75, 3.05) is 5.32 Å². The minimum absolute atomic E-state index is 0.304. The molecular weight excluding hydrogens is 461 g/mol. The monoisotopic (exact) mass is 482 g/mol. The number of benzene rings is 3. The largest absolute Gasteiger partial charge is 0.417 e. The molecule has 0 spiro atoms. The van der Waals surface area contributed by atoms with Crippen LogP contribution in [0.4, 0.5) is 18.9 Å². The average molecular weight is 483 g/mol. The van der Waals surface area contributed by atoms with E-state index in [2.05, 4.69) is 20.6 Å². The molecule has 0 aliphatic rings. The summed E-state index contributed by atoms with van der Waals surface area (Å²) in [4.78, 5) is 8.65. The molecule has 0 saturated carbocycles. The minimum atomic E-state index is -4.52. The SMILES string of the molecule is CC/C=C(\NCc1ccc(-c2ccc3nccnc3c2)cc1)Nc1ccc(Cl)c(C(F)(F)F)c1. The van der Waals surface area contributed by atoms with Crippen LogP contribution < -0.4 is 10.6 Å². The highest BCUT2D eigenvalue weighted by Crippen LogP contribution is 2.36. The van der Waals surface area contributed by atoms with Crippen LogP contribution in [0.25, 0.3) is 22.2 Å². The normalized spacial score (nSPS) is 12.1. The molecule has 2 N–H and O–H groups in total. The number of hydrogen-bond acceptors (Lipinski definition) is 4. The third-order valence-corrected chi connectivity index (χ3v) is 5.53. The molecule has 0 aliphatic carbocycles. The van der Waals surface area contributed by atoms with E-state index in [-0.39, 0.29) is 5.02 Å². The fourth-order valence-corrected chi connectivity index (χ4v) is 3.73. The van der Waals surface area contributed by atoms with Crippen molar-refractivity contribution in [2.45, 2.75) is 26.1 Å². The molecule has 0 radical (unpaired) electrons. The third kappa shape index (κ3) is 5.66. The van der Waals surface area contributed by atoms with Crippen LogP contribution in [0.3, 0.4) is 0 Å². The number of aromatic nitrogens is 2. The number of rotatable bonds is 7. The molecule has 8 heteroatoms. The van der Waals surface area contributed by atoms with Gasteiger partial charge in [-0.3, -0.25) is 9.97 Å². The predicted molar refractivity (Wildman–Crippen MR) is 130 cm³/mol. The van der Waals surface area contributed by atoms with Crippen molar-refractivity contribution in [3.63, 3.8) is 0 Å². The molecular formula is C26H22ClF3N4. The van der Waals surface area contributed by atoms with Gasteiger partial charge >= 0.3 is 6.18 Å². The summed E-state index contributed by atoms with van der Waals surface area (Å²) >= 11 is 5.72. The molecule has 1 heterocycles. The lowest BCUT2D eigenvalue weighted by molar-refractivity contribution is -0.137. The van der Waals surface area contributed by atoms with Gasteiger partial charge in [0, 0.05) is 24.6 Å². The molecule has 0 amide bonds. The Bertz CT molecular complexity index is 1320. The Balaban J connectivity index is 1.44. The number of nitrogens with one attached hydrogen (secondary N) is 2. The van der Waals surface area contributed by atoms with E-state index in [1.54, 1.807) is 12.4 Å². The van der Waals surface area contributed by atoms with Gasteiger partial charge in [0.1, 0.15) is 0 Å². The van der Waals surface area contributed by atoms with E-state index in [4.69, 9.17) is 11.6 Å². The summed E-state index contributed by atoms with van der Waals surface area (Å²) in [7, 11) is 0. The molecule has 1 aromatic heterocycles. The van der Waals surface area contributed by atoms with Gasteiger partial charge in [0.25, 0.3) is 0 Å². The van der Waals surface area contributed by atoms with Crippen LogP contribution in [-0.2, 0) is 12.7 Å².